The summed E-state index contributed by atoms with van der Waals surface area (Å²) in [4.78, 5) is 0. The van der Waals surface area contributed by atoms with Crippen LogP contribution >= 0.6 is 11.8 Å². The van der Waals surface area contributed by atoms with Gasteiger partial charge in [0.25, 0.3) is 0 Å². The molecule has 0 fully saturated rings. The van der Waals surface area contributed by atoms with Crippen LogP contribution in [0.5, 0.6) is 0 Å². The summed E-state index contributed by atoms with van der Waals surface area (Å²) in [5.41, 5.74) is 5.07. The second kappa shape index (κ2) is 5.89. The first-order valence-corrected chi connectivity index (χ1v) is 5.81. The number of nitrogens with one attached hydrogen (secondary N) is 1. The molecule has 1 aromatic carbocycles. The summed E-state index contributed by atoms with van der Waals surface area (Å²) in [5.74, 6) is 6.61. The Morgan fingerprint density at radius 3 is 2.85 bits per heavy atom. The first-order chi connectivity index (χ1) is 6.38. The van der Waals surface area contributed by atoms with Gasteiger partial charge >= 0.3 is 0 Å². The number of anilines is 1. The maximum atomic E-state index is 5.40. The molecule has 0 bridgehead atoms. The van der Waals surface area contributed by atoms with Crippen molar-refractivity contribution in [2.45, 2.75) is 12.8 Å². The highest BCUT2D eigenvalue weighted by Crippen LogP contribution is 2.15. The van der Waals surface area contributed by atoms with Crippen molar-refractivity contribution in [1.29, 1.82) is 0 Å². The van der Waals surface area contributed by atoms with Crippen LogP contribution in [0, 0.1) is 0 Å². The largest absolute Gasteiger partial charge is 0.324 e. The van der Waals surface area contributed by atoms with Crippen LogP contribution in [0.25, 0.3) is 0 Å². The highest BCUT2D eigenvalue weighted by atomic mass is 32.2. The van der Waals surface area contributed by atoms with Gasteiger partial charge in [-0.15, -0.1) is 0 Å². The lowest BCUT2D eigenvalue weighted by molar-refractivity contribution is 0.934. The van der Waals surface area contributed by atoms with Crippen molar-refractivity contribution in [2.75, 3.05) is 17.4 Å². The maximum absolute atomic E-state index is 5.40. The van der Waals surface area contributed by atoms with Crippen molar-refractivity contribution in [3.8, 4) is 0 Å². The summed E-state index contributed by atoms with van der Waals surface area (Å²) in [6.45, 7) is 0. The standard InChI is InChI=1S/C10H16N2S/c1-13-8-4-6-9-5-2-3-7-10(9)12-11/h2-3,5,7,12H,4,6,8,11H2,1H3. The predicted molar refractivity (Wildman–Crippen MR) is 61.0 cm³/mol. The molecule has 0 spiro atoms. The maximum Gasteiger partial charge on any atom is 0.0517 e. The molecule has 0 heterocycles. The average molecular weight is 196 g/mol. The van der Waals surface area contributed by atoms with Crippen LogP contribution in [0.1, 0.15) is 12.0 Å². The number of nitrogen functional groups attached to an aromatic ring is 1. The van der Waals surface area contributed by atoms with E-state index in [1.807, 2.05) is 23.9 Å². The third-order valence-electron chi connectivity index (χ3n) is 1.97. The summed E-state index contributed by atoms with van der Waals surface area (Å²) >= 11 is 1.88. The van der Waals surface area contributed by atoms with Crippen molar-refractivity contribution in [2.24, 2.45) is 5.84 Å². The van der Waals surface area contributed by atoms with E-state index in [0.717, 1.165) is 12.1 Å². The summed E-state index contributed by atoms with van der Waals surface area (Å²) in [5, 5.41) is 0. The number of benzene rings is 1. The van der Waals surface area contributed by atoms with Crippen LogP contribution in [-0.4, -0.2) is 12.0 Å². The molecule has 0 aliphatic carbocycles. The fourth-order valence-corrected chi connectivity index (χ4v) is 1.72. The van der Waals surface area contributed by atoms with E-state index in [9.17, 15) is 0 Å². The summed E-state index contributed by atoms with van der Waals surface area (Å²) in [6.07, 6.45) is 4.44. The molecule has 1 rings (SSSR count). The number of hydrogen-bond donors (Lipinski definition) is 2. The molecule has 0 amide bonds. The highest BCUT2D eigenvalue weighted by Gasteiger charge is 1.98. The van der Waals surface area contributed by atoms with Gasteiger partial charge in [-0.05, 0) is 36.5 Å². The highest BCUT2D eigenvalue weighted by molar-refractivity contribution is 7.98. The second-order valence-corrected chi connectivity index (χ2v) is 3.88. The fourth-order valence-electron chi connectivity index (χ4n) is 1.29. The van der Waals surface area contributed by atoms with Crippen LogP contribution in [0.3, 0.4) is 0 Å². The monoisotopic (exact) mass is 196 g/mol. The topological polar surface area (TPSA) is 38.0 Å². The lowest BCUT2D eigenvalue weighted by Crippen LogP contribution is -2.09. The molecule has 0 saturated heterocycles. The first-order valence-electron chi connectivity index (χ1n) is 4.42. The smallest absolute Gasteiger partial charge is 0.0517 e. The molecular weight excluding hydrogens is 180 g/mol. The zero-order valence-corrected chi connectivity index (χ0v) is 8.73. The quantitative estimate of drug-likeness (QED) is 0.431. The molecular formula is C10H16N2S. The Bertz CT molecular complexity index is 250. The van der Waals surface area contributed by atoms with Crippen LogP contribution in [0.15, 0.2) is 24.3 Å². The van der Waals surface area contributed by atoms with Gasteiger partial charge in [0.05, 0.1) is 5.69 Å². The van der Waals surface area contributed by atoms with Crippen LogP contribution < -0.4 is 11.3 Å². The number of thioether (sulfide) groups is 1. The first kappa shape index (κ1) is 10.4. The molecule has 0 aromatic heterocycles. The van der Waals surface area contributed by atoms with Crippen molar-refractivity contribution in [1.82, 2.24) is 0 Å². The van der Waals surface area contributed by atoms with Gasteiger partial charge in [0.2, 0.25) is 0 Å². The van der Waals surface area contributed by atoms with Crippen molar-refractivity contribution < 1.29 is 0 Å². The Kier molecular flexibility index (Phi) is 4.72. The number of rotatable bonds is 5. The summed E-state index contributed by atoms with van der Waals surface area (Å²) in [7, 11) is 0. The Balaban J connectivity index is 2.54. The number of hydrogen-bond acceptors (Lipinski definition) is 3. The van der Waals surface area contributed by atoms with Crippen molar-refractivity contribution in [3.63, 3.8) is 0 Å². The zero-order valence-electron chi connectivity index (χ0n) is 7.92. The Morgan fingerprint density at radius 1 is 1.38 bits per heavy atom. The Morgan fingerprint density at radius 2 is 2.15 bits per heavy atom. The van der Waals surface area contributed by atoms with E-state index in [1.165, 1.54) is 17.7 Å². The van der Waals surface area contributed by atoms with E-state index in [4.69, 9.17) is 5.84 Å². The number of hydrazine groups is 1. The van der Waals surface area contributed by atoms with Gasteiger partial charge in [-0.3, -0.25) is 5.84 Å². The fraction of sp³-hybridized carbons (Fsp3) is 0.400. The minimum absolute atomic E-state index is 1.05. The molecule has 0 unspecified atom stereocenters. The number of para-hydroxylation sites is 1. The van der Waals surface area contributed by atoms with Crippen LogP contribution in [-0.2, 0) is 6.42 Å². The van der Waals surface area contributed by atoms with Crippen LogP contribution in [0.2, 0.25) is 0 Å². The van der Waals surface area contributed by atoms with E-state index in [0.29, 0.717) is 0 Å². The third-order valence-corrected chi connectivity index (χ3v) is 2.66. The second-order valence-electron chi connectivity index (χ2n) is 2.90. The van der Waals surface area contributed by atoms with Crippen molar-refractivity contribution in [3.05, 3.63) is 29.8 Å². The summed E-state index contributed by atoms with van der Waals surface area (Å²) in [6, 6.07) is 8.17. The van der Waals surface area contributed by atoms with E-state index in [-0.39, 0.29) is 0 Å². The van der Waals surface area contributed by atoms with Gasteiger partial charge < -0.3 is 5.43 Å². The van der Waals surface area contributed by atoms with Gasteiger partial charge in [-0.2, -0.15) is 11.8 Å². The average Bonchev–Trinajstić information content (AvgIpc) is 2.19. The van der Waals surface area contributed by atoms with E-state index in [2.05, 4.69) is 23.8 Å². The molecule has 0 radical (unpaired) electrons. The SMILES string of the molecule is CSCCCc1ccccc1NN. The molecule has 13 heavy (non-hydrogen) atoms. The lowest BCUT2D eigenvalue weighted by atomic mass is 10.1. The molecule has 3 N–H and O–H groups in total. The molecule has 3 heteroatoms. The van der Waals surface area contributed by atoms with Gasteiger partial charge in [-0.25, -0.2) is 0 Å². The van der Waals surface area contributed by atoms with Gasteiger partial charge in [-0.1, -0.05) is 18.2 Å². The molecule has 2 nitrogen and oxygen atoms in total. The lowest BCUT2D eigenvalue weighted by Gasteiger charge is -2.07. The minimum atomic E-state index is 1.05. The minimum Gasteiger partial charge on any atom is -0.324 e. The van der Waals surface area contributed by atoms with Crippen molar-refractivity contribution >= 4 is 17.4 Å². The molecule has 0 saturated carbocycles. The summed E-state index contributed by atoms with van der Waals surface area (Å²) < 4.78 is 0. The van der Waals surface area contributed by atoms with E-state index >= 15 is 0 Å². The molecule has 1 aromatic rings. The Labute approximate surface area is 83.9 Å². The number of aryl methyl sites for hydroxylation is 1. The van der Waals surface area contributed by atoms with Gasteiger partial charge in [0, 0.05) is 0 Å². The zero-order chi connectivity index (χ0) is 9.52. The van der Waals surface area contributed by atoms with Gasteiger partial charge in [0.1, 0.15) is 0 Å². The molecule has 0 aliphatic rings. The number of nitrogens with two attached hydrogens (primary N) is 1. The van der Waals surface area contributed by atoms with E-state index < -0.39 is 0 Å². The van der Waals surface area contributed by atoms with Gasteiger partial charge in [0.15, 0.2) is 0 Å². The van der Waals surface area contributed by atoms with Crippen LogP contribution in [0.4, 0.5) is 5.69 Å². The molecule has 72 valence electrons. The Hall–Kier alpha value is -0.670. The molecule has 0 atom stereocenters. The molecule has 0 aliphatic heterocycles. The third kappa shape index (κ3) is 3.28. The normalized spacial score (nSPS) is 10.0. The van der Waals surface area contributed by atoms with E-state index in [1.54, 1.807) is 0 Å². The predicted octanol–water partition coefficient (Wildman–Crippen LogP) is 2.27.